The van der Waals surface area contributed by atoms with E-state index in [0.717, 1.165) is 6.42 Å². The molecule has 0 saturated heterocycles. The number of hydrogen-bond donors (Lipinski definition) is 3. The molecule has 1 heterocycles. The van der Waals surface area contributed by atoms with Crippen molar-refractivity contribution in [3.05, 3.63) is 22.0 Å². The van der Waals surface area contributed by atoms with Gasteiger partial charge in [0.25, 0.3) is 0 Å². The van der Waals surface area contributed by atoms with Gasteiger partial charge in [-0.25, -0.2) is 4.98 Å². The van der Waals surface area contributed by atoms with Gasteiger partial charge in [0.15, 0.2) is 11.5 Å². The van der Waals surface area contributed by atoms with Gasteiger partial charge in [0.1, 0.15) is 12.0 Å². The van der Waals surface area contributed by atoms with Crippen molar-refractivity contribution < 1.29 is 14.5 Å². The second-order valence-corrected chi connectivity index (χ2v) is 7.41. The Balaban J connectivity index is 2.35. The molecule has 1 rings (SSSR count). The maximum atomic E-state index is 12.4. The normalized spacial score (nSPS) is 12.2. The fraction of sp³-hybridized carbons (Fsp3) is 0.706. The van der Waals surface area contributed by atoms with Gasteiger partial charge in [0, 0.05) is 12.8 Å². The maximum Gasteiger partial charge on any atom is 0.432 e. The highest BCUT2D eigenvalue weighted by Crippen LogP contribution is 2.12. The molecule has 0 saturated carbocycles. The van der Waals surface area contributed by atoms with E-state index in [-0.39, 0.29) is 23.9 Å². The number of imidazole rings is 1. The molecule has 0 fully saturated rings. The second-order valence-electron chi connectivity index (χ2n) is 7.41. The lowest BCUT2D eigenvalue weighted by Gasteiger charge is -2.26. The van der Waals surface area contributed by atoms with Gasteiger partial charge in [-0.3, -0.25) is 9.59 Å². The highest BCUT2D eigenvalue weighted by molar-refractivity contribution is 5.87. The molecule has 26 heavy (non-hydrogen) atoms. The molecule has 3 N–H and O–H groups in total. The SMILES string of the molecule is CC(=O)C(C)(C)NCCCNC(C)(C)C(=O)CCc1c[nH]c([N+](=O)[O-])n1. The van der Waals surface area contributed by atoms with Gasteiger partial charge in [-0.05, 0) is 59.1 Å². The molecule has 0 atom stereocenters. The number of ketones is 2. The lowest BCUT2D eigenvalue weighted by molar-refractivity contribution is -0.393. The van der Waals surface area contributed by atoms with Gasteiger partial charge in [-0.15, -0.1) is 0 Å². The number of Topliss-reactive ketones (excluding diaryl/α,β-unsaturated/α-hetero) is 2. The third-order valence-electron chi connectivity index (χ3n) is 4.46. The molecule has 0 radical (unpaired) electrons. The van der Waals surface area contributed by atoms with Gasteiger partial charge >= 0.3 is 5.95 Å². The largest absolute Gasteiger partial charge is 0.432 e. The molecule has 1 aromatic heterocycles. The van der Waals surface area contributed by atoms with Gasteiger partial charge in [0.05, 0.1) is 11.1 Å². The second kappa shape index (κ2) is 9.00. The minimum absolute atomic E-state index is 0.0141. The number of nitrogens with one attached hydrogen (secondary N) is 3. The van der Waals surface area contributed by atoms with Crippen LogP contribution in [0.15, 0.2) is 6.20 Å². The minimum Gasteiger partial charge on any atom is -0.390 e. The molecule has 0 aliphatic carbocycles. The summed E-state index contributed by atoms with van der Waals surface area (Å²) in [5.74, 6) is -0.217. The number of rotatable bonds is 12. The molecular weight excluding hydrogens is 338 g/mol. The molecule has 9 heteroatoms. The fourth-order valence-electron chi connectivity index (χ4n) is 2.24. The number of aromatic nitrogens is 2. The third-order valence-corrected chi connectivity index (χ3v) is 4.46. The summed E-state index contributed by atoms with van der Waals surface area (Å²) in [6.07, 6.45) is 2.83. The van der Waals surface area contributed by atoms with Crippen LogP contribution in [-0.2, 0) is 16.0 Å². The van der Waals surface area contributed by atoms with Gasteiger partial charge in [0.2, 0.25) is 0 Å². The zero-order chi connectivity index (χ0) is 20.0. The topological polar surface area (TPSA) is 130 Å². The van der Waals surface area contributed by atoms with Crippen LogP contribution in [0.5, 0.6) is 0 Å². The molecule has 0 amide bonds. The number of hydrogen-bond acceptors (Lipinski definition) is 7. The summed E-state index contributed by atoms with van der Waals surface area (Å²) in [6.45, 7) is 10.2. The van der Waals surface area contributed by atoms with Crippen molar-refractivity contribution >= 4 is 17.5 Å². The lowest BCUT2D eigenvalue weighted by atomic mass is 9.94. The molecule has 1 aromatic rings. The monoisotopic (exact) mass is 367 g/mol. The number of carbonyl (C=O) groups excluding carboxylic acids is 2. The van der Waals surface area contributed by atoms with Crippen LogP contribution in [-0.4, -0.2) is 50.6 Å². The Morgan fingerprint density at radius 3 is 2.27 bits per heavy atom. The van der Waals surface area contributed by atoms with E-state index in [1.807, 2.05) is 27.7 Å². The van der Waals surface area contributed by atoms with E-state index < -0.39 is 16.0 Å². The van der Waals surface area contributed by atoms with E-state index in [9.17, 15) is 19.7 Å². The first kappa shape index (κ1) is 21.9. The molecule has 0 aliphatic rings. The third kappa shape index (κ3) is 6.64. The predicted octanol–water partition coefficient (Wildman–Crippen LogP) is 1.54. The summed E-state index contributed by atoms with van der Waals surface area (Å²) in [5, 5.41) is 17.0. The average molecular weight is 367 g/mol. The zero-order valence-electron chi connectivity index (χ0n) is 16.1. The van der Waals surface area contributed by atoms with E-state index in [1.54, 1.807) is 6.92 Å². The summed E-state index contributed by atoms with van der Waals surface area (Å²) in [7, 11) is 0. The first-order chi connectivity index (χ1) is 12.0. The average Bonchev–Trinajstić information content (AvgIpc) is 3.01. The number of nitrogens with zero attached hydrogens (tertiary/aromatic N) is 2. The van der Waals surface area contributed by atoms with E-state index in [4.69, 9.17) is 0 Å². The van der Waals surface area contributed by atoms with Gasteiger partial charge in [-0.2, -0.15) is 0 Å². The summed E-state index contributed by atoms with van der Waals surface area (Å²) in [5.41, 5.74) is -0.743. The van der Waals surface area contributed by atoms with Crippen LogP contribution < -0.4 is 10.6 Å². The Bertz CT molecular complexity index is 651. The Labute approximate surface area is 153 Å². The first-order valence-corrected chi connectivity index (χ1v) is 8.69. The Hall–Kier alpha value is -2.13. The summed E-state index contributed by atoms with van der Waals surface area (Å²) >= 11 is 0. The van der Waals surface area contributed by atoms with Crippen LogP contribution in [0.1, 0.15) is 53.2 Å². The van der Waals surface area contributed by atoms with E-state index in [2.05, 4.69) is 20.6 Å². The van der Waals surface area contributed by atoms with Crippen molar-refractivity contribution in [3.8, 4) is 0 Å². The lowest BCUT2D eigenvalue weighted by Crippen LogP contribution is -2.49. The van der Waals surface area contributed by atoms with Crippen molar-refractivity contribution in [3.63, 3.8) is 0 Å². The summed E-state index contributed by atoms with van der Waals surface area (Å²) in [6, 6.07) is 0. The quantitative estimate of drug-likeness (QED) is 0.290. The standard InChI is InChI=1S/C17H29N5O4/c1-12(23)16(2,3)19-9-6-10-20-17(4,5)14(24)8-7-13-11-18-15(21-13)22(25)26/h11,19-20H,6-10H2,1-5H3,(H,18,21). The number of H-pyrrole nitrogens is 1. The van der Waals surface area contributed by atoms with Crippen LogP contribution in [0.3, 0.4) is 0 Å². The highest BCUT2D eigenvalue weighted by Gasteiger charge is 2.27. The van der Waals surface area contributed by atoms with Crippen LogP contribution in [0, 0.1) is 10.1 Å². The van der Waals surface area contributed by atoms with E-state index >= 15 is 0 Å². The van der Waals surface area contributed by atoms with Crippen molar-refractivity contribution in [2.24, 2.45) is 0 Å². The number of aryl methyl sites for hydroxylation is 1. The van der Waals surface area contributed by atoms with Crippen LogP contribution in [0.4, 0.5) is 5.95 Å². The molecule has 146 valence electrons. The van der Waals surface area contributed by atoms with Crippen molar-refractivity contribution in [1.82, 2.24) is 20.6 Å². The first-order valence-electron chi connectivity index (χ1n) is 8.69. The van der Waals surface area contributed by atoms with E-state index in [0.29, 0.717) is 25.2 Å². The Morgan fingerprint density at radius 2 is 1.77 bits per heavy atom. The molecule has 0 unspecified atom stereocenters. The summed E-state index contributed by atoms with van der Waals surface area (Å²) in [4.78, 5) is 40.1. The van der Waals surface area contributed by atoms with E-state index in [1.165, 1.54) is 6.20 Å². The zero-order valence-corrected chi connectivity index (χ0v) is 16.1. The fourth-order valence-corrected chi connectivity index (χ4v) is 2.24. The van der Waals surface area contributed by atoms with Crippen LogP contribution in [0.25, 0.3) is 0 Å². The number of aromatic amines is 1. The van der Waals surface area contributed by atoms with Gasteiger partial charge in [-0.1, -0.05) is 4.98 Å². The molecular formula is C17H29N5O4. The smallest absolute Gasteiger partial charge is 0.390 e. The summed E-state index contributed by atoms with van der Waals surface area (Å²) < 4.78 is 0. The Morgan fingerprint density at radius 1 is 1.19 bits per heavy atom. The molecule has 0 spiro atoms. The molecule has 0 bridgehead atoms. The molecule has 0 aromatic carbocycles. The highest BCUT2D eigenvalue weighted by atomic mass is 16.6. The Kier molecular flexibility index (Phi) is 7.58. The van der Waals surface area contributed by atoms with Crippen LogP contribution in [0.2, 0.25) is 0 Å². The predicted molar refractivity (Wildman–Crippen MR) is 98.0 cm³/mol. The van der Waals surface area contributed by atoms with Crippen LogP contribution >= 0.6 is 0 Å². The van der Waals surface area contributed by atoms with Gasteiger partial charge < -0.3 is 20.7 Å². The van der Waals surface area contributed by atoms with Crippen molar-refractivity contribution in [1.29, 1.82) is 0 Å². The minimum atomic E-state index is -0.696. The molecule has 9 nitrogen and oxygen atoms in total. The number of nitro groups is 1. The maximum absolute atomic E-state index is 12.4. The van der Waals surface area contributed by atoms with Crippen molar-refractivity contribution in [2.75, 3.05) is 13.1 Å². The number of carbonyl (C=O) groups is 2. The molecule has 0 aliphatic heterocycles. The van der Waals surface area contributed by atoms with Crippen molar-refractivity contribution in [2.45, 2.75) is 65.0 Å².